The van der Waals surface area contributed by atoms with Crippen LogP contribution in [0.4, 0.5) is 5.69 Å². The molecule has 1 N–H and O–H groups in total. The zero-order valence-electron chi connectivity index (χ0n) is 14.7. The van der Waals surface area contributed by atoms with Gasteiger partial charge in [0.15, 0.2) is 0 Å². The number of para-hydroxylation sites is 1. The Balaban J connectivity index is 1.63. The molecule has 0 radical (unpaired) electrons. The van der Waals surface area contributed by atoms with Crippen LogP contribution in [0.2, 0.25) is 5.02 Å². The van der Waals surface area contributed by atoms with Crippen LogP contribution in [-0.2, 0) is 16.1 Å². The molecule has 3 rings (SSSR count). The Morgan fingerprint density at radius 3 is 2.54 bits per heavy atom. The highest BCUT2D eigenvalue weighted by atomic mass is 35.5. The summed E-state index contributed by atoms with van der Waals surface area (Å²) in [5.74, 6) is -0.377. The van der Waals surface area contributed by atoms with Gasteiger partial charge in [-0.3, -0.25) is 9.59 Å². The van der Waals surface area contributed by atoms with Crippen molar-refractivity contribution in [2.75, 3.05) is 18.9 Å². The summed E-state index contributed by atoms with van der Waals surface area (Å²) in [6, 6.07) is 16.8. The maximum Gasteiger partial charge on any atom is 0.243 e. The van der Waals surface area contributed by atoms with Crippen molar-refractivity contribution in [3.05, 3.63) is 65.3 Å². The van der Waals surface area contributed by atoms with Gasteiger partial charge >= 0.3 is 0 Å². The van der Waals surface area contributed by atoms with Gasteiger partial charge < -0.3 is 14.8 Å². The molecule has 0 aliphatic heterocycles. The van der Waals surface area contributed by atoms with Crippen LogP contribution >= 0.6 is 11.6 Å². The molecule has 0 aliphatic carbocycles. The molecule has 0 saturated carbocycles. The summed E-state index contributed by atoms with van der Waals surface area (Å²) >= 11 is 5.83. The van der Waals surface area contributed by atoms with E-state index in [4.69, 9.17) is 11.6 Å². The first-order chi connectivity index (χ1) is 12.4. The SMILES string of the molecule is Cc1cc2ccccc2n1CC(=O)N(C)CC(=O)Nc1ccc(Cl)cc1. The fraction of sp³-hybridized carbons (Fsp3) is 0.200. The highest BCUT2D eigenvalue weighted by Crippen LogP contribution is 2.19. The summed E-state index contributed by atoms with van der Waals surface area (Å²) in [5, 5.41) is 4.46. The van der Waals surface area contributed by atoms with Crippen LogP contribution in [0, 0.1) is 6.92 Å². The zero-order valence-corrected chi connectivity index (χ0v) is 15.5. The van der Waals surface area contributed by atoms with Crippen molar-refractivity contribution in [3.63, 3.8) is 0 Å². The number of halogens is 1. The van der Waals surface area contributed by atoms with Crippen molar-refractivity contribution in [1.82, 2.24) is 9.47 Å². The van der Waals surface area contributed by atoms with E-state index >= 15 is 0 Å². The number of nitrogens with one attached hydrogen (secondary N) is 1. The monoisotopic (exact) mass is 369 g/mol. The third-order valence-electron chi connectivity index (χ3n) is 4.25. The molecule has 3 aromatic rings. The van der Waals surface area contributed by atoms with Crippen LogP contribution in [0.1, 0.15) is 5.69 Å². The van der Waals surface area contributed by atoms with Crippen LogP contribution in [0.25, 0.3) is 10.9 Å². The second-order valence-electron chi connectivity index (χ2n) is 6.24. The van der Waals surface area contributed by atoms with E-state index in [2.05, 4.69) is 11.4 Å². The number of likely N-dealkylation sites (N-methyl/N-ethyl adjacent to an activating group) is 1. The number of rotatable bonds is 5. The van der Waals surface area contributed by atoms with E-state index < -0.39 is 0 Å². The molecule has 134 valence electrons. The summed E-state index contributed by atoms with van der Waals surface area (Å²) in [4.78, 5) is 26.1. The first-order valence-electron chi connectivity index (χ1n) is 8.28. The predicted octanol–water partition coefficient (Wildman–Crippen LogP) is 3.70. The minimum absolute atomic E-state index is 0.0142. The fourth-order valence-electron chi connectivity index (χ4n) is 2.85. The molecule has 2 aromatic carbocycles. The van der Waals surface area contributed by atoms with Gasteiger partial charge in [0.1, 0.15) is 6.54 Å². The number of aromatic nitrogens is 1. The molecule has 0 aliphatic rings. The normalized spacial score (nSPS) is 10.7. The molecular formula is C20H20ClN3O2. The number of nitrogens with zero attached hydrogens (tertiary/aromatic N) is 2. The summed E-state index contributed by atoms with van der Waals surface area (Å²) in [5.41, 5.74) is 2.67. The number of benzene rings is 2. The number of hydrogen-bond donors (Lipinski definition) is 1. The minimum atomic E-state index is -0.253. The van der Waals surface area contributed by atoms with Crippen molar-refractivity contribution in [3.8, 4) is 0 Å². The van der Waals surface area contributed by atoms with E-state index in [0.29, 0.717) is 10.7 Å². The fourth-order valence-corrected chi connectivity index (χ4v) is 2.98. The Morgan fingerprint density at radius 2 is 1.81 bits per heavy atom. The third kappa shape index (κ3) is 4.06. The van der Waals surface area contributed by atoms with Crippen LogP contribution in [0.3, 0.4) is 0 Å². The quantitative estimate of drug-likeness (QED) is 0.745. The Morgan fingerprint density at radius 1 is 1.12 bits per heavy atom. The van der Waals surface area contributed by atoms with Gasteiger partial charge in [-0.15, -0.1) is 0 Å². The van der Waals surface area contributed by atoms with Crippen molar-refractivity contribution in [2.24, 2.45) is 0 Å². The Labute approximate surface area is 157 Å². The molecule has 26 heavy (non-hydrogen) atoms. The molecule has 2 amide bonds. The molecule has 1 heterocycles. The van der Waals surface area contributed by atoms with E-state index in [0.717, 1.165) is 16.6 Å². The topological polar surface area (TPSA) is 54.3 Å². The van der Waals surface area contributed by atoms with Crippen molar-refractivity contribution >= 4 is 40.0 Å². The second kappa shape index (κ2) is 7.62. The third-order valence-corrected chi connectivity index (χ3v) is 4.50. The second-order valence-corrected chi connectivity index (χ2v) is 6.67. The first kappa shape index (κ1) is 18.0. The highest BCUT2D eigenvalue weighted by molar-refractivity contribution is 6.30. The summed E-state index contributed by atoms with van der Waals surface area (Å²) < 4.78 is 1.96. The largest absolute Gasteiger partial charge is 0.335 e. The maximum absolute atomic E-state index is 12.5. The van der Waals surface area contributed by atoms with Gasteiger partial charge in [-0.1, -0.05) is 29.8 Å². The van der Waals surface area contributed by atoms with Gasteiger partial charge in [-0.25, -0.2) is 0 Å². The van der Waals surface area contributed by atoms with Crippen molar-refractivity contribution in [2.45, 2.75) is 13.5 Å². The minimum Gasteiger partial charge on any atom is -0.335 e. The summed E-state index contributed by atoms with van der Waals surface area (Å²) in [7, 11) is 1.63. The molecule has 0 atom stereocenters. The van der Waals surface area contributed by atoms with Crippen LogP contribution in [0.5, 0.6) is 0 Å². The van der Waals surface area contributed by atoms with E-state index in [1.807, 2.05) is 35.8 Å². The van der Waals surface area contributed by atoms with Crippen molar-refractivity contribution < 1.29 is 9.59 Å². The van der Waals surface area contributed by atoms with Gasteiger partial charge in [-0.05, 0) is 48.7 Å². The Bertz CT molecular complexity index is 947. The molecule has 6 heteroatoms. The van der Waals surface area contributed by atoms with E-state index in [9.17, 15) is 9.59 Å². The number of hydrogen-bond acceptors (Lipinski definition) is 2. The molecule has 1 aromatic heterocycles. The van der Waals surface area contributed by atoms with E-state index in [1.54, 1.807) is 31.3 Å². The number of fused-ring (bicyclic) bond motifs is 1. The molecule has 0 bridgehead atoms. The number of aryl methyl sites for hydroxylation is 1. The number of carbonyl (C=O) groups is 2. The molecule has 0 fully saturated rings. The molecular weight excluding hydrogens is 350 g/mol. The average Bonchev–Trinajstić information content (AvgIpc) is 2.92. The number of anilines is 1. The average molecular weight is 370 g/mol. The molecule has 0 unspecified atom stereocenters. The number of carbonyl (C=O) groups excluding carboxylic acids is 2. The summed E-state index contributed by atoms with van der Waals surface area (Å²) in [6.45, 7) is 2.16. The Kier molecular flexibility index (Phi) is 5.28. The van der Waals surface area contributed by atoms with Crippen LogP contribution in [-0.4, -0.2) is 34.9 Å². The molecule has 0 saturated heterocycles. The lowest BCUT2D eigenvalue weighted by atomic mass is 10.2. The van der Waals surface area contributed by atoms with Gasteiger partial charge in [0.25, 0.3) is 0 Å². The van der Waals surface area contributed by atoms with Crippen LogP contribution in [0.15, 0.2) is 54.6 Å². The lowest BCUT2D eigenvalue weighted by Gasteiger charge is -2.18. The maximum atomic E-state index is 12.5. The van der Waals surface area contributed by atoms with Gasteiger partial charge in [0.2, 0.25) is 11.8 Å². The van der Waals surface area contributed by atoms with Gasteiger partial charge in [0, 0.05) is 29.0 Å². The Hall–Kier alpha value is -2.79. The van der Waals surface area contributed by atoms with E-state index in [-0.39, 0.29) is 24.9 Å². The lowest BCUT2D eigenvalue weighted by molar-refractivity contribution is -0.133. The van der Waals surface area contributed by atoms with Gasteiger partial charge in [-0.2, -0.15) is 0 Å². The molecule has 5 nitrogen and oxygen atoms in total. The lowest BCUT2D eigenvalue weighted by Crippen LogP contribution is -2.37. The van der Waals surface area contributed by atoms with Crippen LogP contribution < -0.4 is 5.32 Å². The zero-order chi connectivity index (χ0) is 18.7. The standard InChI is InChI=1S/C20H20ClN3O2/c1-14-11-15-5-3-4-6-18(15)24(14)13-20(26)23(2)12-19(25)22-17-9-7-16(21)8-10-17/h3-11H,12-13H2,1-2H3,(H,22,25). The summed E-state index contributed by atoms with van der Waals surface area (Å²) in [6.07, 6.45) is 0. The highest BCUT2D eigenvalue weighted by Gasteiger charge is 2.16. The van der Waals surface area contributed by atoms with Crippen molar-refractivity contribution in [1.29, 1.82) is 0 Å². The smallest absolute Gasteiger partial charge is 0.243 e. The predicted molar refractivity (Wildman–Crippen MR) is 104 cm³/mol. The van der Waals surface area contributed by atoms with E-state index in [1.165, 1.54) is 4.90 Å². The first-order valence-corrected chi connectivity index (χ1v) is 8.66. The number of amides is 2. The van der Waals surface area contributed by atoms with Gasteiger partial charge in [0.05, 0.1) is 6.54 Å². The molecule has 0 spiro atoms.